The molecule has 0 spiro atoms. The Bertz CT molecular complexity index is 557. The van der Waals surface area contributed by atoms with Crippen molar-refractivity contribution in [1.29, 1.82) is 0 Å². The molecule has 0 bridgehead atoms. The van der Waals surface area contributed by atoms with Crippen molar-refractivity contribution in [3.8, 4) is 5.75 Å². The normalized spacial score (nSPS) is 12.1. The highest BCUT2D eigenvalue weighted by molar-refractivity contribution is 5.33. The molecule has 0 fully saturated rings. The molecular formula is C20H28N2O. The van der Waals surface area contributed by atoms with Gasteiger partial charge in [0, 0.05) is 12.1 Å². The van der Waals surface area contributed by atoms with Crippen LogP contribution >= 0.6 is 0 Å². The van der Waals surface area contributed by atoms with Crippen LogP contribution in [0.3, 0.4) is 0 Å². The molecule has 2 aromatic rings. The molecule has 0 aliphatic rings. The molecule has 0 unspecified atom stereocenters. The molecule has 23 heavy (non-hydrogen) atoms. The van der Waals surface area contributed by atoms with Crippen molar-refractivity contribution in [2.24, 2.45) is 0 Å². The summed E-state index contributed by atoms with van der Waals surface area (Å²) in [4.78, 5) is 0. The monoisotopic (exact) mass is 312 g/mol. The highest BCUT2D eigenvalue weighted by atomic mass is 16.5. The van der Waals surface area contributed by atoms with Gasteiger partial charge in [-0.2, -0.15) is 0 Å². The van der Waals surface area contributed by atoms with E-state index in [4.69, 9.17) is 4.74 Å². The lowest BCUT2D eigenvalue weighted by Crippen LogP contribution is -2.42. The van der Waals surface area contributed by atoms with Crippen molar-refractivity contribution in [2.75, 3.05) is 13.7 Å². The second kappa shape index (κ2) is 10.0. The van der Waals surface area contributed by atoms with Crippen LogP contribution in [0.25, 0.3) is 0 Å². The lowest BCUT2D eigenvalue weighted by molar-refractivity contribution is 0.383. The Balaban J connectivity index is 1.89. The second-order valence-corrected chi connectivity index (χ2v) is 5.72. The van der Waals surface area contributed by atoms with E-state index >= 15 is 0 Å². The van der Waals surface area contributed by atoms with E-state index in [1.807, 2.05) is 12.1 Å². The van der Waals surface area contributed by atoms with Gasteiger partial charge in [0.25, 0.3) is 0 Å². The molecule has 0 aliphatic carbocycles. The molecule has 2 rings (SSSR count). The largest absolute Gasteiger partial charge is 0.496 e. The Morgan fingerprint density at radius 2 is 1.70 bits per heavy atom. The molecule has 1 atom stereocenters. The summed E-state index contributed by atoms with van der Waals surface area (Å²) in [6.45, 7) is 4.03. The predicted molar refractivity (Wildman–Crippen MR) is 96.7 cm³/mol. The first-order chi connectivity index (χ1) is 11.3. The Morgan fingerprint density at radius 1 is 0.957 bits per heavy atom. The number of ether oxygens (including phenoxy) is 1. The number of benzene rings is 2. The number of hydrogen-bond acceptors (Lipinski definition) is 3. The van der Waals surface area contributed by atoms with Gasteiger partial charge in [-0.15, -0.1) is 0 Å². The first-order valence-electron chi connectivity index (χ1n) is 8.46. The molecule has 0 aliphatic heterocycles. The first kappa shape index (κ1) is 17.5. The van der Waals surface area contributed by atoms with Crippen LogP contribution in [0.5, 0.6) is 5.75 Å². The van der Waals surface area contributed by atoms with Crippen molar-refractivity contribution < 1.29 is 4.74 Å². The number of para-hydroxylation sites is 1. The van der Waals surface area contributed by atoms with Crippen molar-refractivity contribution in [2.45, 2.75) is 38.9 Å². The summed E-state index contributed by atoms with van der Waals surface area (Å²) in [5.74, 6) is 0.942. The lowest BCUT2D eigenvalue weighted by Gasteiger charge is -2.21. The SMILES string of the molecule is CCCN[C@H](CCc1ccccc1)NCc1ccccc1OC. The highest BCUT2D eigenvalue weighted by Gasteiger charge is 2.09. The topological polar surface area (TPSA) is 33.3 Å². The van der Waals surface area contributed by atoms with Gasteiger partial charge >= 0.3 is 0 Å². The van der Waals surface area contributed by atoms with E-state index in [1.165, 1.54) is 11.1 Å². The standard InChI is InChI=1S/C20H28N2O/c1-3-15-21-20(14-13-17-9-5-4-6-10-17)22-16-18-11-7-8-12-19(18)23-2/h4-12,20-22H,3,13-16H2,1-2H3/t20-/m0/s1. The average molecular weight is 312 g/mol. The summed E-state index contributed by atoms with van der Waals surface area (Å²) in [6, 6.07) is 18.8. The molecule has 0 heterocycles. The zero-order chi connectivity index (χ0) is 16.3. The molecule has 3 heteroatoms. The summed E-state index contributed by atoms with van der Waals surface area (Å²) in [7, 11) is 1.72. The molecule has 0 amide bonds. The van der Waals surface area contributed by atoms with E-state index in [-0.39, 0.29) is 0 Å². The smallest absolute Gasteiger partial charge is 0.123 e. The van der Waals surface area contributed by atoms with Crippen molar-refractivity contribution >= 4 is 0 Å². The maximum absolute atomic E-state index is 5.43. The third kappa shape index (κ3) is 6.05. The molecule has 124 valence electrons. The fourth-order valence-corrected chi connectivity index (χ4v) is 2.63. The number of hydrogen-bond donors (Lipinski definition) is 2. The van der Waals surface area contributed by atoms with Gasteiger partial charge in [0.15, 0.2) is 0 Å². The van der Waals surface area contributed by atoms with E-state index in [0.29, 0.717) is 6.17 Å². The van der Waals surface area contributed by atoms with Crippen LogP contribution in [-0.4, -0.2) is 19.8 Å². The summed E-state index contributed by atoms with van der Waals surface area (Å²) < 4.78 is 5.43. The van der Waals surface area contributed by atoms with Crippen LogP contribution in [0, 0.1) is 0 Å². The maximum Gasteiger partial charge on any atom is 0.123 e. The Morgan fingerprint density at radius 3 is 2.43 bits per heavy atom. The maximum atomic E-state index is 5.43. The molecule has 3 nitrogen and oxygen atoms in total. The lowest BCUT2D eigenvalue weighted by atomic mass is 10.1. The Kier molecular flexibility index (Phi) is 7.64. The molecule has 2 N–H and O–H groups in total. The first-order valence-corrected chi connectivity index (χ1v) is 8.46. The number of methoxy groups -OCH3 is 1. The van der Waals surface area contributed by atoms with Gasteiger partial charge < -0.3 is 10.1 Å². The van der Waals surface area contributed by atoms with Crippen LogP contribution in [0.1, 0.15) is 30.9 Å². The second-order valence-electron chi connectivity index (χ2n) is 5.72. The van der Waals surface area contributed by atoms with Crippen LogP contribution in [0.2, 0.25) is 0 Å². The molecule has 0 radical (unpaired) electrons. The van der Waals surface area contributed by atoms with Crippen LogP contribution in [0.15, 0.2) is 54.6 Å². The number of nitrogens with one attached hydrogen (secondary N) is 2. The van der Waals surface area contributed by atoms with Crippen molar-refractivity contribution in [1.82, 2.24) is 10.6 Å². The molecule has 0 aromatic heterocycles. The highest BCUT2D eigenvalue weighted by Crippen LogP contribution is 2.17. The molecule has 2 aromatic carbocycles. The predicted octanol–water partition coefficient (Wildman–Crippen LogP) is 3.74. The minimum Gasteiger partial charge on any atom is -0.496 e. The van der Waals surface area contributed by atoms with Gasteiger partial charge in [-0.3, -0.25) is 5.32 Å². The number of rotatable bonds is 10. The van der Waals surface area contributed by atoms with Crippen LogP contribution < -0.4 is 15.4 Å². The van der Waals surface area contributed by atoms with Crippen molar-refractivity contribution in [3.05, 3.63) is 65.7 Å². The van der Waals surface area contributed by atoms with E-state index in [9.17, 15) is 0 Å². The minimum absolute atomic E-state index is 0.306. The number of aryl methyl sites for hydroxylation is 1. The van der Waals surface area contributed by atoms with E-state index < -0.39 is 0 Å². The van der Waals surface area contributed by atoms with Crippen LogP contribution in [0.4, 0.5) is 0 Å². The van der Waals surface area contributed by atoms with Crippen LogP contribution in [-0.2, 0) is 13.0 Å². The van der Waals surface area contributed by atoms with Gasteiger partial charge in [-0.1, -0.05) is 55.5 Å². The van der Waals surface area contributed by atoms with Gasteiger partial charge in [-0.25, -0.2) is 0 Å². The minimum atomic E-state index is 0.306. The summed E-state index contributed by atoms with van der Waals surface area (Å²) in [6.07, 6.45) is 3.58. The molecular weight excluding hydrogens is 284 g/mol. The van der Waals surface area contributed by atoms with E-state index in [0.717, 1.165) is 38.1 Å². The summed E-state index contributed by atoms with van der Waals surface area (Å²) in [5, 5.41) is 7.22. The fourth-order valence-electron chi connectivity index (χ4n) is 2.63. The Labute approximate surface area is 140 Å². The zero-order valence-corrected chi connectivity index (χ0v) is 14.2. The third-order valence-corrected chi connectivity index (χ3v) is 3.94. The summed E-state index contributed by atoms with van der Waals surface area (Å²) in [5.41, 5.74) is 2.58. The summed E-state index contributed by atoms with van der Waals surface area (Å²) >= 11 is 0. The fraction of sp³-hybridized carbons (Fsp3) is 0.400. The quantitative estimate of drug-likeness (QED) is 0.656. The average Bonchev–Trinajstić information content (AvgIpc) is 2.62. The van der Waals surface area contributed by atoms with Crippen molar-refractivity contribution in [3.63, 3.8) is 0 Å². The third-order valence-electron chi connectivity index (χ3n) is 3.94. The zero-order valence-electron chi connectivity index (χ0n) is 14.2. The van der Waals surface area contributed by atoms with E-state index in [1.54, 1.807) is 7.11 Å². The van der Waals surface area contributed by atoms with Gasteiger partial charge in [-0.05, 0) is 37.4 Å². The van der Waals surface area contributed by atoms with Gasteiger partial charge in [0.2, 0.25) is 0 Å². The van der Waals surface area contributed by atoms with Gasteiger partial charge in [0.1, 0.15) is 5.75 Å². The van der Waals surface area contributed by atoms with E-state index in [2.05, 4.69) is 60.0 Å². The molecule has 0 saturated heterocycles. The van der Waals surface area contributed by atoms with Gasteiger partial charge in [0.05, 0.1) is 13.3 Å². The molecule has 0 saturated carbocycles. The Hall–Kier alpha value is -1.84.